The maximum absolute atomic E-state index is 12.5. The minimum absolute atomic E-state index is 0.185. The van der Waals surface area contributed by atoms with Crippen LogP contribution in [0.2, 0.25) is 0 Å². The fourth-order valence-corrected chi connectivity index (χ4v) is 3.81. The van der Waals surface area contributed by atoms with Gasteiger partial charge in [0.05, 0.1) is 0 Å². The van der Waals surface area contributed by atoms with Crippen molar-refractivity contribution in [2.24, 2.45) is 0 Å². The first kappa shape index (κ1) is 22.1. The largest absolute Gasteiger partial charge is 0.451 e. The van der Waals surface area contributed by atoms with Crippen molar-refractivity contribution in [1.29, 1.82) is 0 Å². The predicted octanol–water partition coefficient (Wildman–Crippen LogP) is 6.32. The van der Waals surface area contributed by atoms with Crippen LogP contribution >= 0.6 is 28.1 Å². The number of hydrogen-bond acceptors (Lipinski definition) is 5. The Morgan fingerprint density at radius 2 is 1.62 bits per heavy atom. The average Bonchev–Trinajstić information content (AvgIpc) is 3.51. The Labute approximate surface area is 209 Å². The van der Waals surface area contributed by atoms with Crippen molar-refractivity contribution in [3.05, 3.63) is 101 Å². The van der Waals surface area contributed by atoms with Crippen molar-refractivity contribution in [3.63, 3.8) is 0 Å². The zero-order chi connectivity index (χ0) is 23.5. The SMILES string of the molecule is O=C(NC(=S)NCc1ccc(-c2nc3ccccc3o2)cc1)c1ccc(-c2ccc(Br)cc2)o1. The fraction of sp³-hybridized carbons (Fsp3) is 0.0385. The lowest BCUT2D eigenvalue weighted by atomic mass is 10.1. The number of nitrogens with one attached hydrogen (secondary N) is 2. The zero-order valence-electron chi connectivity index (χ0n) is 17.7. The smallest absolute Gasteiger partial charge is 0.293 e. The lowest BCUT2D eigenvalue weighted by Gasteiger charge is -2.09. The number of halogens is 1. The molecule has 8 heteroatoms. The van der Waals surface area contributed by atoms with Gasteiger partial charge in [0, 0.05) is 22.1 Å². The highest BCUT2D eigenvalue weighted by atomic mass is 79.9. The molecule has 0 atom stereocenters. The first-order valence-electron chi connectivity index (χ1n) is 10.4. The van der Waals surface area contributed by atoms with Crippen LogP contribution in [0.25, 0.3) is 33.9 Å². The molecule has 2 heterocycles. The normalized spacial score (nSPS) is 10.9. The first-order valence-corrected chi connectivity index (χ1v) is 11.7. The maximum Gasteiger partial charge on any atom is 0.293 e. The third kappa shape index (κ3) is 4.93. The molecule has 3 aromatic carbocycles. The number of fused-ring (bicyclic) bond motifs is 1. The fourth-order valence-electron chi connectivity index (χ4n) is 3.38. The number of carbonyl (C=O) groups is 1. The second kappa shape index (κ2) is 9.62. The molecule has 2 aromatic heterocycles. The van der Waals surface area contributed by atoms with Gasteiger partial charge in [0.1, 0.15) is 11.3 Å². The summed E-state index contributed by atoms with van der Waals surface area (Å²) >= 11 is 8.67. The van der Waals surface area contributed by atoms with E-state index in [9.17, 15) is 4.79 Å². The minimum atomic E-state index is -0.410. The molecule has 5 aromatic rings. The molecular formula is C26H18BrN3O3S. The van der Waals surface area contributed by atoms with Crippen LogP contribution in [0.5, 0.6) is 0 Å². The number of nitrogens with zero attached hydrogens (tertiary/aromatic N) is 1. The molecule has 0 fully saturated rings. The Balaban J connectivity index is 1.16. The average molecular weight is 532 g/mol. The third-order valence-electron chi connectivity index (χ3n) is 5.13. The second-order valence-corrected chi connectivity index (χ2v) is 8.82. The van der Waals surface area contributed by atoms with Gasteiger partial charge < -0.3 is 14.2 Å². The van der Waals surface area contributed by atoms with Crippen molar-refractivity contribution in [2.75, 3.05) is 0 Å². The summed E-state index contributed by atoms with van der Waals surface area (Å²) in [5.41, 5.74) is 4.33. The summed E-state index contributed by atoms with van der Waals surface area (Å²) in [6.45, 7) is 0.454. The highest BCUT2D eigenvalue weighted by molar-refractivity contribution is 9.10. The van der Waals surface area contributed by atoms with Crippen molar-refractivity contribution >= 4 is 50.3 Å². The van der Waals surface area contributed by atoms with Gasteiger partial charge >= 0.3 is 0 Å². The van der Waals surface area contributed by atoms with Gasteiger partial charge in [-0.25, -0.2) is 4.98 Å². The number of para-hydroxylation sites is 2. The van der Waals surface area contributed by atoms with Crippen LogP contribution in [0.4, 0.5) is 0 Å². The maximum atomic E-state index is 12.5. The molecule has 34 heavy (non-hydrogen) atoms. The summed E-state index contributed by atoms with van der Waals surface area (Å²) in [4.78, 5) is 17.0. The summed E-state index contributed by atoms with van der Waals surface area (Å²) in [6, 6.07) is 26.5. The first-order chi connectivity index (χ1) is 16.5. The second-order valence-electron chi connectivity index (χ2n) is 7.49. The van der Waals surface area contributed by atoms with E-state index in [-0.39, 0.29) is 10.9 Å². The van der Waals surface area contributed by atoms with Crippen LogP contribution in [0, 0.1) is 0 Å². The number of oxazole rings is 1. The van der Waals surface area contributed by atoms with Crippen LogP contribution < -0.4 is 10.6 Å². The molecule has 0 saturated heterocycles. The summed E-state index contributed by atoms with van der Waals surface area (Å²) < 4.78 is 12.5. The van der Waals surface area contributed by atoms with Crippen LogP contribution in [-0.4, -0.2) is 16.0 Å². The van der Waals surface area contributed by atoms with Crippen LogP contribution in [0.15, 0.2) is 98.2 Å². The number of furan rings is 1. The lowest BCUT2D eigenvalue weighted by molar-refractivity contribution is 0.0950. The van der Waals surface area contributed by atoms with Gasteiger partial charge in [0.15, 0.2) is 16.5 Å². The molecular weight excluding hydrogens is 514 g/mol. The van der Waals surface area contributed by atoms with E-state index in [1.54, 1.807) is 12.1 Å². The highest BCUT2D eigenvalue weighted by Gasteiger charge is 2.14. The molecule has 5 rings (SSSR count). The zero-order valence-corrected chi connectivity index (χ0v) is 20.2. The molecule has 0 aliphatic rings. The summed E-state index contributed by atoms with van der Waals surface area (Å²) in [7, 11) is 0. The monoisotopic (exact) mass is 531 g/mol. The van der Waals surface area contributed by atoms with E-state index < -0.39 is 5.91 Å². The van der Waals surface area contributed by atoms with E-state index in [4.69, 9.17) is 21.1 Å². The van der Waals surface area contributed by atoms with E-state index >= 15 is 0 Å². The summed E-state index contributed by atoms with van der Waals surface area (Å²) in [6.07, 6.45) is 0. The van der Waals surface area contributed by atoms with E-state index in [1.165, 1.54) is 0 Å². The van der Waals surface area contributed by atoms with E-state index in [2.05, 4.69) is 31.5 Å². The molecule has 0 aliphatic carbocycles. The van der Waals surface area contributed by atoms with Crippen molar-refractivity contribution in [1.82, 2.24) is 15.6 Å². The van der Waals surface area contributed by atoms with Crippen LogP contribution in [0.3, 0.4) is 0 Å². The number of rotatable bonds is 5. The molecule has 0 bridgehead atoms. The number of amides is 1. The molecule has 1 amide bonds. The van der Waals surface area contributed by atoms with Gasteiger partial charge in [0.2, 0.25) is 5.89 Å². The Morgan fingerprint density at radius 1 is 0.882 bits per heavy atom. The standard InChI is InChI=1S/C26H18BrN3O3S/c27-19-11-9-17(10-12-19)21-13-14-23(32-21)24(31)30-26(34)28-15-16-5-7-18(8-6-16)25-29-20-3-1-2-4-22(20)33-25/h1-14H,15H2,(H2,28,30,31,34). The molecule has 0 saturated carbocycles. The molecule has 168 valence electrons. The summed E-state index contributed by atoms with van der Waals surface area (Å²) in [5.74, 6) is 0.955. The van der Waals surface area contributed by atoms with E-state index in [0.717, 1.165) is 32.3 Å². The molecule has 2 N–H and O–H groups in total. The Morgan fingerprint density at radius 3 is 2.38 bits per heavy atom. The van der Waals surface area contributed by atoms with Gasteiger partial charge in [-0.05, 0) is 66.3 Å². The third-order valence-corrected chi connectivity index (χ3v) is 5.91. The van der Waals surface area contributed by atoms with E-state index in [0.29, 0.717) is 18.2 Å². The van der Waals surface area contributed by atoms with Crippen molar-refractivity contribution in [2.45, 2.75) is 6.54 Å². The van der Waals surface area contributed by atoms with Gasteiger partial charge in [-0.3, -0.25) is 10.1 Å². The van der Waals surface area contributed by atoms with Gasteiger partial charge in [-0.15, -0.1) is 0 Å². The number of aromatic nitrogens is 1. The quantitative estimate of drug-likeness (QED) is 0.258. The summed E-state index contributed by atoms with van der Waals surface area (Å²) in [5, 5.41) is 5.90. The molecule has 0 spiro atoms. The number of carbonyl (C=O) groups excluding carboxylic acids is 1. The van der Waals surface area contributed by atoms with Gasteiger partial charge in [-0.2, -0.15) is 0 Å². The Hall–Kier alpha value is -3.75. The number of thiocarbonyl (C=S) groups is 1. The van der Waals surface area contributed by atoms with Gasteiger partial charge in [-0.1, -0.05) is 52.3 Å². The molecule has 0 aliphatic heterocycles. The molecule has 6 nitrogen and oxygen atoms in total. The lowest BCUT2D eigenvalue weighted by Crippen LogP contribution is -2.38. The predicted molar refractivity (Wildman–Crippen MR) is 138 cm³/mol. The topological polar surface area (TPSA) is 80.3 Å². The Kier molecular flexibility index (Phi) is 6.24. The van der Waals surface area contributed by atoms with Crippen molar-refractivity contribution in [3.8, 4) is 22.8 Å². The molecule has 0 unspecified atom stereocenters. The van der Waals surface area contributed by atoms with Gasteiger partial charge in [0.25, 0.3) is 5.91 Å². The highest BCUT2D eigenvalue weighted by Crippen LogP contribution is 2.25. The number of benzene rings is 3. The Bertz CT molecular complexity index is 1440. The molecule has 0 radical (unpaired) electrons. The minimum Gasteiger partial charge on any atom is -0.451 e. The van der Waals surface area contributed by atoms with E-state index in [1.807, 2.05) is 72.8 Å². The van der Waals surface area contributed by atoms with Crippen LogP contribution in [0.1, 0.15) is 16.1 Å². The van der Waals surface area contributed by atoms with Crippen molar-refractivity contribution < 1.29 is 13.6 Å². The number of hydrogen-bond donors (Lipinski definition) is 2. The van der Waals surface area contributed by atoms with Crippen LogP contribution in [-0.2, 0) is 6.54 Å².